The maximum absolute atomic E-state index is 12.4. The molecule has 0 aliphatic carbocycles. The van der Waals surface area contributed by atoms with E-state index in [0.717, 1.165) is 0 Å². The second kappa shape index (κ2) is 3.79. The highest BCUT2D eigenvalue weighted by Crippen LogP contribution is 2.30. The number of carbonyl (C=O) groups excluding carboxylic acids is 1. The molecule has 0 radical (unpaired) electrons. The van der Waals surface area contributed by atoms with Gasteiger partial charge in [-0.3, -0.25) is 4.79 Å². The Bertz CT molecular complexity index is 594. The molecule has 98 valence electrons. The van der Waals surface area contributed by atoms with Crippen LogP contribution < -0.4 is 5.32 Å². The average Bonchev–Trinajstić information content (AvgIpc) is 2.92. The first-order valence-electron chi connectivity index (χ1n) is 5.77. The van der Waals surface area contributed by atoms with E-state index in [4.69, 9.17) is 0 Å². The molecule has 8 heteroatoms. The number of aromatic nitrogens is 2. The van der Waals surface area contributed by atoms with Crippen molar-refractivity contribution in [1.29, 1.82) is 0 Å². The molecule has 1 aromatic rings. The van der Waals surface area contributed by atoms with Crippen molar-refractivity contribution in [3.63, 3.8) is 0 Å². The van der Waals surface area contributed by atoms with Crippen molar-refractivity contribution in [2.45, 2.75) is 30.0 Å². The van der Waals surface area contributed by atoms with Gasteiger partial charge in [-0.1, -0.05) is 0 Å². The Hall–Kier alpha value is -1.41. The zero-order valence-corrected chi connectivity index (χ0v) is 10.7. The monoisotopic (exact) mass is 270 g/mol. The number of amides is 1. The van der Waals surface area contributed by atoms with Gasteiger partial charge in [0.25, 0.3) is 10.0 Å². The standard InChI is InChI=1S/C10H14N4O3S/c1-13-5-10(11-6-13)18(16,17)14-3-2-7-8(14)4-9(15)12-7/h5-8H,2-4H2,1H3,(H,12,15)/t7-,8+/m1/s1. The van der Waals surface area contributed by atoms with Gasteiger partial charge in [-0.05, 0) is 6.42 Å². The summed E-state index contributed by atoms with van der Waals surface area (Å²) in [4.78, 5) is 15.2. The number of nitrogens with zero attached hydrogens (tertiary/aromatic N) is 3. The number of fused-ring (bicyclic) bond motifs is 1. The van der Waals surface area contributed by atoms with Crippen molar-refractivity contribution in [2.24, 2.45) is 7.05 Å². The van der Waals surface area contributed by atoms with Crippen LogP contribution in [-0.2, 0) is 21.9 Å². The molecule has 3 heterocycles. The van der Waals surface area contributed by atoms with Crippen molar-refractivity contribution in [2.75, 3.05) is 6.54 Å². The minimum absolute atomic E-state index is 0.0454. The third-order valence-electron chi connectivity index (χ3n) is 3.49. The van der Waals surface area contributed by atoms with Crippen LogP contribution in [0.3, 0.4) is 0 Å². The summed E-state index contributed by atoms with van der Waals surface area (Å²) in [5.41, 5.74) is 0. The molecule has 1 amide bonds. The van der Waals surface area contributed by atoms with Gasteiger partial charge in [0.15, 0.2) is 5.03 Å². The predicted octanol–water partition coefficient (Wildman–Crippen LogP) is -0.928. The van der Waals surface area contributed by atoms with Gasteiger partial charge in [0.2, 0.25) is 5.91 Å². The van der Waals surface area contributed by atoms with E-state index in [0.29, 0.717) is 13.0 Å². The Balaban J connectivity index is 1.93. The van der Waals surface area contributed by atoms with E-state index in [1.165, 1.54) is 16.8 Å². The van der Waals surface area contributed by atoms with Gasteiger partial charge >= 0.3 is 0 Å². The lowest BCUT2D eigenvalue weighted by Crippen LogP contribution is -2.38. The molecule has 7 nitrogen and oxygen atoms in total. The van der Waals surface area contributed by atoms with E-state index in [2.05, 4.69) is 10.3 Å². The lowest BCUT2D eigenvalue weighted by molar-refractivity contribution is -0.119. The molecule has 0 saturated carbocycles. The van der Waals surface area contributed by atoms with Crippen LogP contribution in [0.2, 0.25) is 0 Å². The number of sulfonamides is 1. The Labute approximate surface area is 105 Å². The minimum atomic E-state index is -3.59. The Morgan fingerprint density at radius 2 is 2.28 bits per heavy atom. The number of hydrogen-bond donors (Lipinski definition) is 1. The highest BCUT2D eigenvalue weighted by atomic mass is 32.2. The maximum atomic E-state index is 12.4. The molecule has 0 spiro atoms. The second-order valence-corrected chi connectivity index (χ2v) is 6.56. The third-order valence-corrected chi connectivity index (χ3v) is 5.30. The van der Waals surface area contributed by atoms with E-state index in [9.17, 15) is 13.2 Å². The second-order valence-electron chi connectivity index (χ2n) is 4.73. The number of aryl methyl sites for hydroxylation is 1. The fraction of sp³-hybridized carbons (Fsp3) is 0.600. The summed E-state index contributed by atoms with van der Waals surface area (Å²) in [6.07, 6.45) is 3.85. The van der Waals surface area contributed by atoms with Crippen LogP contribution in [0, 0.1) is 0 Å². The van der Waals surface area contributed by atoms with Gasteiger partial charge in [-0.25, -0.2) is 13.4 Å². The highest BCUT2D eigenvalue weighted by Gasteiger charge is 2.47. The lowest BCUT2D eigenvalue weighted by atomic mass is 10.1. The van der Waals surface area contributed by atoms with Crippen molar-refractivity contribution in [3.05, 3.63) is 12.5 Å². The summed E-state index contributed by atoms with van der Waals surface area (Å²) < 4.78 is 27.8. The molecule has 2 fully saturated rings. The summed E-state index contributed by atoms with van der Waals surface area (Å²) in [6, 6.07) is -0.305. The van der Waals surface area contributed by atoms with Crippen LogP contribution in [-0.4, -0.2) is 46.8 Å². The van der Waals surface area contributed by atoms with Gasteiger partial charge in [-0.15, -0.1) is 0 Å². The summed E-state index contributed by atoms with van der Waals surface area (Å²) in [6.45, 7) is 0.439. The predicted molar refractivity (Wildman–Crippen MR) is 62.1 cm³/mol. The van der Waals surface area contributed by atoms with E-state index < -0.39 is 10.0 Å². The maximum Gasteiger partial charge on any atom is 0.262 e. The smallest absolute Gasteiger partial charge is 0.262 e. The average molecular weight is 270 g/mol. The molecule has 0 aromatic carbocycles. The van der Waals surface area contributed by atoms with E-state index in [-0.39, 0.29) is 29.4 Å². The first-order valence-corrected chi connectivity index (χ1v) is 7.21. The molecule has 2 saturated heterocycles. The van der Waals surface area contributed by atoms with Crippen LogP contribution in [0.5, 0.6) is 0 Å². The van der Waals surface area contributed by atoms with Crippen molar-refractivity contribution in [3.8, 4) is 0 Å². The molecular formula is C10H14N4O3S. The Kier molecular flexibility index (Phi) is 2.46. The number of rotatable bonds is 2. The fourth-order valence-electron chi connectivity index (χ4n) is 2.63. The first kappa shape index (κ1) is 11.7. The van der Waals surface area contributed by atoms with Crippen molar-refractivity contribution >= 4 is 15.9 Å². The molecule has 1 aromatic heterocycles. The van der Waals surface area contributed by atoms with Crippen molar-refractivity contribution < 1.29 is 13.2 Å². The quantitative estimate of drug-likeness (QED) is 0.752. The number of nitrogens with one attached hydrogen (secondary N) is 1. The van der Waals surface area contributed by atoms with Gasteiger partial charge in [0.1, 0.15) is 0 Å². The number of imidazole rings is 1. The van der Waals surface area contributed by atoms with E-state index in [1.54, 1.807) is 11.6 Å². The molecule has 3 rings (SSSR count). The lowest BCUT2D eigenvalue weighted by Gasteiger charge is -2.20. The Morgan fingerprint density at radius 1 is 1.50 bits per heavy atom. The van der Waals surface area contributed by atoms with Gasteiger partial charge in [0, 0.05) is 32.3 Å². The van der Waals surface area contributed by atoms with Gasteiger partial charge in [0.05, 0.1) is 12.4 Å². The largest absolute Gasteiger partial charge is 0.352 e. The third kappa shape index (κ3) is 1.64. The van der Waals surface area contributed by atoms with Crippen LogP contribution in [0.25, 0.3) is 0 Å². The zero-order chi connectivity index (χ0) is 12.9. The summed E-state index contributed by atoms with van der Waals surface area (Å²) in [7, 11) is -1.86. The normalized spacial score (nSPS) is 28.4. The van der Waals surface area contributed by atoms with Gasteiger partial charge in [-0.2, -0.15) is 4.31 Å². The topological polar surface area (TPSA) is 84.3 Å². The number of carbonyl (C=O) groups is 1. The molecule has 2 atom stereocenters. The summed E-state index contributed by atoms with van der Waals surface area (Å²) >= 11 is 0. The fourth-order valence-corrected chi connectivity index (χ4v) is 4.28. The van der Waals surface area contributed by atoms with Crippen LogP contribution >= 0.6 is 0 Å². The zero-order valence-electron chi connectivity index (χ0n) is 9.91. The van der Waals surface area contributed by atoms with Gasteiger partial charge < -0.3 is 9.88 Å². The van der Waals surface area contributed by atoms with Crippen LogP contribution in [0.15, 0.2) is 17.6 Å². The molecule has 1 N–H and O–H groups in total. The SMILES string of the molecule is Cn1cnc(S(=O)(=O)N2CC[C@H]3NC(=O)C[C@@H]32)c1. The van der Waals surface area contributed by atoms with E-state index in [1.807, 2.05) is 0 Å². The summed E-state index contributed by atoms with van der Waals surface area (Å²) in [5.74, 6) is -0.0779. The van der Waals surface area contributed by atoms with Crippen LogP contribution in [0.4, 0.5) is 0 Å². The molecule has 0 unspecified atom stereocenters. The van der Waals surface area contributed by atoms with Crippen molar-refractivity contribution in [1.82, 2.24) is 19.2 Å². The molecule has 2 aliphatic rings. The first-order chi connectivity index (χ1) is 8.48. The Morgan fingerprint density at radius 3 is 2.94 bits per heavy atom. The molecular weight excluding hydrogens is 256 g/mol. The summed E-state index contributed by atoms with van der Waals surface area (Å²) in [5, 5.41) is 2.85. The molecule has 2 aliphatic heterocycles. The van der Waals surface area contributed by atoms with Crippen LogP contribution in [0.1, 0.15) is 12.8 Å². The highest BCUT2D eigenvalue weighted by molar-refractivity contribution is 7.89. The molecule has 18 heavy (non-hydrogen) atoms. The number of hydrogen-bond acceptors (Lipinski definition) is 4. The van der Waals surface area contributed by atoms with E-state index >= 15 is 0 Å². The minimum Gasteiger partial charge on any atom is -0.352 e. The molecule has 0 bridgehead atoms.